The molecule has 0 aromatic heterocycles. The highest BCUT2D eigenvalue weighted by Gasteiger charge is 1.86. The van der Waals surface area contributed by atoms with Gasteiger partial charge >= 0.3 is 0 Å². The summed E-state index contributed by atoms with van der Waals surface area (Å²) >= 11 is 5.54. The van der Waals surface area contributed by atoms with E-state index in [1.165, 1.54) is 5.54 Å². The Labute approximate surface area is 83.5 Å². The molecule has 0 saturated heterocycles. The van der Waals surface area contributed by atoms with E-state index in [4.69, 9.17) is 17.3 Å². The smallest absolute Gasteiger partial charge is 0.0186 e. The molecule has 2 heteroatoms. The summed E-state index contributed by atoms with van der Waals surface area (Å²) in [6.07, 6.45) is 3.91. The Morgan fingerprint density at radius 3 is 2.54 bits per heavy atom. The van der Waals surface area contributed by atoms with Crippen molar-refractivity contribution < 1.29 is 0 Å². The van der Waals surface area contributed by atoms with Gasteiger partial charge in [0.2, 0.25) is 0 Å². The molecule has 0 spiro atoms. The van der Waals surface area contributed by atoms with Gasteiger partial charge in [-0.3, -0.25) is 0 Å². The summed E-state index contributed by atoms with van der Waals surface area (Å²) in [6.45, 7) is 0.465. The van der Waals surface area contributed by atoms with E-state index in [0.29, 0.717) is 6.54 Å². The Balaban J connectivity index is 2.69. The number of hydrogen-bond acceptors (Lipinski definition) is 1. The fraction of sp³-hybridized carbons (Fsp3) is 0.0909. The van der Waals surface area contributed by atoms with Crippen LogP contribution in [0.1, 0.15) is 5.56 Å². The average Bonchev–Trinajstić information content (AvgIpc) is 2.21. The first kappa shape index (κ1) is 10.0. The molecule has 1 nitrogen and oxygen atoms in total. The number of halogens is 1. The van der Waals surface area contributed by atoms with E-state index in [9.17, 15) is 0 Å². The minimum atomic E-state index is 0.465. The SMILES string of the molecule is NCC(/C=C/c1ccccc1)=C/Cl. The standard InChI is InChI=1S/C11H12ClN/c12-8-11(9-13)7-6-10-4-2-1-3-5-10/h1-8H,9,13H2/b7-6+,11-8+. The molecule has 1 aromatic carbocycles. The average molecular weight is 194 g/mol. The van der Waals surface area contributed by atoms with E-state index in [2.05, 4.69) is 0 Å². The summed E-state index contributed by atoms with van der Waals surface area (Å²) in [7, 11) is 0. The fourth-order valence-corrected chi connectivity index (χ4v) is 1.08. The van der Waals surface area contributed by atoms with Crippen molar-refractivity contribution in [2.24, 2.45) is 5.73 Å². The first-order valence-corrected chi connectivity index (χ1v) is 4.53. The van der Waals surface area contributed by atoms with Crippen LogP contribution in [0.4, 0.5) is 0 Å². The van der Waals surface area contributed by atoms with E-state index < -0.39 is 0 Å². The quantitative estimate of drug-likeness (QED) is 0.735. The lowest BCUT2D eigenvalue weighted by Gasteiger charge is -1.94. The molecule has 0 radical (unpaired) electrons. The number of nitrogens with two attached hydrogens (primary N) is 1. The Bertz CT molecular complexity index is 301. The van der Waals surface area contributed by atoms with Crippen molar-refractivity contribution in [2.45, 2.75) is 0 Å². The summed E-state index contributed by atoms with van der Waals surface area (Å²) in [4.78, 5) is 0. The maximum absolute atomic E-state index is 5.54. The first-order chi connectivity index (χ1) is 6.36. The third-order valence-electron chi connectivity index (χ3n) is 1.67. The molecule has 0 aliphatic heterocycles. The van der Waals surface area contributed by atoms with Gasteiger partial charge in [-0.05, 0) is 11.1 Å². The third kappa shape index (κ3) is 3.45. The number of hydrogen-bond donors (Lipinski definition) is 1. The molecule has 0 aliphatic rings. The van der Waals surface area contributed by atoms with Crippen LogP contribution in [-0.4, -0.2) is 6.54 Å². The van der Waals surface area contributed by atoms with Crippen LogP contribution in [0.2, 0.25) is 0 Å². The molecule has 0 aliphatic carbocycles. The summed E-state index contributed by atoms with van der Waals surface area (Å²) in [6, 6.07) is 10.0. The molecule has 0 unspecified atom stereocenters. The van der Waals surface area contributed by atoms with Crippen LogP contribution >= 0.6 is 11.6 Å². The van der Waals surface area contributed by atoms with Crippen molar-refractivity contribution in [2.75, 3.05) is 6.54 Å². The monoisotopic (exact) mass is 193 g/mol. The molecule has 1 rings (SSSR count). The van der Waals surface area contributed by atoms with Crippen molar-refractivity contribution in [3.63, 3.8) is 0 Å². The van der Waals surface area contributed by atoms with Gasteiger partial charge in [0.15, 0.2) is 0 Å². The van der Waals surface area contributed by atoms with Gasteiger partial charge in [0.05, 0.1) is 0 Å². The second-order valence-corrected chi connectivity index (χ2v) is 2.85. The molecule has 68 valence electrons. The van der Waals surface area contributed by atoms with Crippen LogP contribution in [-0.2, 0) is 0 Å². The molecule has 0 saturated carbocycles. The molecular weight excluding hydrogens is 182 g/mol. The largest absolute Gasteiger partial charge is 0.326 e. The van der Waals surface area contributed by atoms with E-state index in [-0.39, 0.29) is 0 Å². The van der Waals surface area contributed by atoms with Crippen molar-refractivity contribution >= 4 is 17.7 Å². The van der Waals surface area contributed by atoms with Crippen LogP contribution in [0.25, 0.3) is 6.08 Å². The summed E-state index contributed by atoms with van der Waals surface area (Å²) in [5, 5.41) is 0. The normalized spacial score (nSPS) is 12.3. The predicted octanol–water partition coefficient (Wildman–Crippen LogP) is 2.78. The fourth-order valence-electron chi connectivity index (χ4n) is 0.916. The molecule has 1 aromatic rings. The Hall–Kier alpha value is -1.05. The highest BCUT2D eigenvalue weighted by Crippen LogP contribution is 2.04. The topological polar surface area (TPSA) is 26.0 Å². The highest BCUT2D eigenvalue weighted by molar-refractivity contribution is 6.25. The second kappa shape index (κ2) is 5.57. The lowest BCUT2D eigenvalue weighted by atomic mass is 10.2. The summed E-state index contributed by atoms with van der Waals surface area (Å²) < 4.78 is 0. The molecular formula is C11H12ClN. The van der Waals surface area contributed by atoms with E-state index >= 15 is 0 Å². The number of rotatable bonds is 3. The summed E-state index contributed by atoms with van der Waals surface area (Å²) in [5.41, 5.74) is 9.01. The van der Waals surface area contributed by atoms with Gasteiger partial charge in [0, 0.05) is 12.1 Å². The predicted molar refractivity (Wildman–Crippen MR) is 58.5 cm³/mol. The van der Waals surface area contributed by atoms with Gasteiger partial charge in [-0.1, -0.05) is 54.1 Å². The van der Waals surface area contributed by atoms with Gasteiger partial charge in [0.1, 0.15) is 0 Å². The van der Waals surface area contributed by atoms with Crippen LogP contribution in [0, 0.1) is 0 Å². The van der Waals surface area contributed by atoms with E-state index in [1.807, 2.05) is 42.5 Å². The zero-order valence-corrected chi connectivity index (χ0v) is 8.04. The van der Waals surface area contributed by atoms with Gasteiger partial charge < -0.3 is 5.73 Å². The molecule has 0 atom stereocenters. The molecule has 2 N–H and O–H groups in total. The van der Waals surface area contributed by atoms with E-state index in [0.717, 1.165) is 11.1 Å². The maximum atomic E-state index is 5.54. The Morgan fingerprint density at radius 1 is 1.31 bits per heavy atom. The first-order valence-electron chi connectivity index (χ1n) is 4.09. The molecule has 0 amide bonds. The van der Waals surface area contributed by atoms with Crippen LogP contribution in [0.5, 0.6) is 0 Å². The summed E-state index contributed by atoms with van der Waals surface area (Å²) in [5.74, 6) is 0. The molecule has 0 fully saturated rings. The Morgan fingerprint density at radius 2 is 2.00 bits per heavy atom. The Kier molecular flexibility index (Phi) is 4.30. The second-order valence-electron chi connectivity index (χ2n) is 2.63. The minimum Gasteiger partial charge on any atom is -0.326 e. The van der Waals surface area contributed by atoms with Gasteiger partial charge in [0.25, 0.3) is 0 Å². The van der Waals surface area contributed by atoms with Gasteiger partial charge in [-0.15, -0.1) is 0 Å². The van der Waals surface area contributed by atoms with Crippen LogP contribution in [0.15, 0.2) is 47.5 Å². The highest BCUT2D eigenvalue weighted by atomic mass is 35.5. The van der Waals surface area contributed by atoms with E-state index in [1.54, 1.807) is 0 Å². The van der Waals surface area contributed by atoms with Crippen LogP contribution in [0.3, 0.4) is 0 Å². The van der Waals surface area contributed by atoms with Crippen molar-refractivity contribution in [1.82, 2.24) is 0 Å². The number of benzene rings is 1. The molecule has 0 bridgehead atoms. The minimum absolute atomic E-state index is 0.465. The molecule has 13 heavy (non-hydrogen) atoms. The lowest BCUT2D eigenvalue weighted by molar-refractivity contribution is 1.20. The van der Waals surface area contributed by atoms with Crippen LogP contribution < -0.4 is 5.73 Å². The van der Waals surface area contributed by atoms with Crippen molar-refractivity contribution in [3.8, 4) is 0 Å². The lowest BCUT2D eigenvalue weighted by Crippen LogP contribution is -1.99. The van der Waals surface area contributed by atoms with Gasteiger partial charge in [-0.2, -0.15) is 0 Å². The van der Waals surface area contributed by atoms with Gasteiger partial charge in [-0.25, -0.2) is 0 Å². The maximum Gasteiger partial charge on any atom is 0.0186 e. The zero-order chi connectivity index (χ0) is 9.52. The van der Waals surface area contributed by atoms with Crippen molar-refractivity contribution in [1.29, 1.82) is 0 Å². The third-order valence-corrected chi connectivity index (χ3v) is 1.95. The van der Waals surface area contributed by atoms with Crippen molar-refractivity contribution in [3.05, 3.63) is 53.1 Å². The zero-order valence-electron chi connectivity index (χ0n) is 7.28. The molecule has 0 heterocycles.